The van der Waals surface area contributed by atoms with Crippen molar-refractivity contribution < 1.29 is 13.2 Å². The molecule has 12 heavy (non-hydrogen) atoms. The molecular formula is C7H13F3S2. The van der Waals surface area contributed by atoms with Crippen molar-refractivity contribution in [3.05, 3.63) is 0 Å². The molecule has 0 N–H and O–H groups in total. The fraction of sp³-hybridized carbons (Fsp3) is 1.00. The number of alkyl halides is 3. The number of hydrogen-bond acceptors (Lipinski definition) is 2. The van der Waals surface area contributed by atoms with Gasteiger partial charge < -0.3 is 0 Å². The van der Waals surface area contributed by atoms with Gasteiger partial charge in [-0.25, -0.2) is 0 Å². The first-order chi connectivity index (χ1) is 5.43. The van der Waals surface area contributed by atoms with E-state index in [4.69, 9.17) is 0 Å². The predicted molar refractivity (Wildman–Crippen MR) is 50.4 cm³/mol. The Balaban J connectivity index is 4.22. The van der Waals surface area contributed by atoms with Gasteiger partial charge >= 0.3 is 6.18 Å². The van der Waals surface area contributed by atoms with Gasteiger partial charge in [-0.15, -0.1) is 0 Å². The smallest absolute Gasteiger partial charge is 0.170 e. The molecular weight excluding hydrogens is 205 g/mol. The molecule has 0 saturated carbocycles. The number of rotatable bonds is 4. The van der Waals surface area contributed by atoms with Crippen molar-refractivity contribution in [1.82, 2.24) is 0 Å². The first kappa shape index (κ1) is 12.5. The molecule has 0 aromatic carbocycles. The maximum Gasteiger partial charge on any atom is 0.401 e. The zero-order chi connectivity index (χ0) is 9.78. The van der Waals surface area contributed by atoms with E-state index in [9.17, 15) is 13.2 Å². The van der Waals surface area contributed by atoms with Crippen LogP contribution in [0.1, 0.15) is 20.3 Å². The summed E-state index contributed by atoms with van der Waals surface area (Å²) in [4.78, 5) is 0. The fourth-order valence-electron chi connectivity index (χ4n) is 0.790. The van der Waals surface area contributed by atoms with E-state index in [1.807, 2.05) is 0 Å². The lowest BCUT2D eigenvalue weighted by molar-refractivity contribution is -0.136. The zero-order valence-corrected chi connectivity index (χ0v) is 8.95. The minimum atomic E-state index is -4.07. The molecule has 0 fully saturated rings. The van der Waals surface area contributed by atoms with Crippen LogP contribution >= 0.6 is 21.6 Å². The summed E-state index contributed by atoms with van der Waals surface area (Å²) < 4.78 is 36.9. The highest BCUT2D eigenvalue weighted by Crippen LogP contribution is 2.41. The molecule has 74 valence electrons. The third-order valence-corrected chi connectivity index (χ3v) is 4.01. The van der Waals surface area contributed by atoms with E-state index in [-0.39, 0.29) is 5.92 Å². The average molecular weight is 218 g/mol. The summed E-state index contributed by atoms with van der Waals surface area (Å²) in [7, 11) is 2.08. The summed E-state index contributed by atoms with van der Waals surface area (Å²) in [6, 6.07) is 0. The van der Waals surface area contributed by atoms with Crippen LogP contribution in [0.5, 0.6) is 0 Å². The Hall–Kier alpha value is 0.490. The lowest BCUT2D eigenvalue weighted by Gasteiger charge is -2.23. The standard InChI is InChI=1S/C7H13F3S2/c1-4-5(2)6(12-11-3)7(8,9)10/h5-6H,4H2,1-3H3. The maximum absolute atomic E-state index is 12.3. The molecule has 0 saturated heterocycles. The van der Waals surface area contributed by atoms with Crippen molar-refractivity contribution in [3.8, 4) is 0 Å². The van der Waals surface area contributed by atoms with E-state index >= 15 is 0 Å². The second-order valence-corrected chi connectivity index (χ2v) is 5.22. The largest absolute Gasteiger partial charge is 0.401 e. The van der Waals surface area contributed by atoms with E-state index in [2.05, 4.69) is 0 Å². The SMILES string of the molecule is CCC(C)C(SSC)C(F)(F)F. The molecule has 0 amide bonds. The van der Waals surface area contributed by atoms with Crippen LogP contribution in [0.3, 0.4) is 0 Å². The Morgan fingerprint density at radius 1 is 1.33 bits per heavy atom. The molecule has 2 unspecified atom stereocenters. The van der Waals surface area contributed by atoms with Crippen molar-refractivity contribution in [2.75, 3.05) is 6.26 Å². The van der Waals surface area contributed by atoms with Crippen LogP contribution in [0, 0.1) is 5.92 Å². The molecule has 0 aliphatic carbocycles. The van der Waals surface area contributed by atoms with Crippen molar-refractivity contribution in [3.63, 3.8) is 0 Å². The predicted octanol–water partition coefficient (Wildman–Crippen LogP) is 3.97. The highest BCUT2D eigenvalue weighted by molar-refractivity contribution is 8.76. The van der Waals surface area contributed by atoms with Gasteiger partial charge in [0.15, 0.2) is 0 Å². The molecule has 0 aliphatic heterocycles. The van der Waals surface area contributed by atoms with E-state index in [1.54, 1.807) is 20.1 Å². The summed E-state index contributed by atoms with van der Waals surface area (Å²) in [6.45, 7) is 3.42. The van der Waals surface area contributed by atoms with Gasteiger partial charge in [0.2, 0.25) is 0 Å². The first-order valence-corrected chi connectivity index (χ1v) is 6.31. The van der Waals surface area contributed by atoms with Crippen LogP contribution in [-0.4, -0.2) is 17.7 Å². The number of hydrogen-bond donors (Lipinski definition) is 0. The molecule has 0 bridgehead atoms. The van der Waals surface area contributed by atoms with Gasteiger partial charge in [0.25, 0.3) is 0 Å². The Labute approximate surface area is 79.1 Å². The third kappa shape index (κ3) is 3.94. The first-order valence-electron chi connectivity index (χ1n) is 3.69. The quantitative estimate of drug-likeness (QED) is 0.655. The van der Waals surface area contributed by atoms with E-state index < -0.39 is 11.4 Å². The Bertz CT molecular complexity index is 124. The second kappa shape index (κ2) is 5.27. The van der Waals surface area contributed by atoms with Gasteiger partial charge in [0.05, 0.1) is 0 Å². The third-order valence-electron chi connectivity index (χ3n) is 1.68. The second-order valence-electron chi connectivity index (χ2n) is 2.61. The van der Waals surface area contributed by atoms with Crippen molar-refractivity contribution in [2.45, 2.75) is 31.7 Å². The van der Waals surface area contributed by atoms with E-state index in [0.29, 0.717) is 6.42 Å². The molecule has 0 aliphatic rings. The van der Waals surface area contributed by atoms with Crippen LogP contribution in [0.2, 0.25) is 0 Å². The molecule has 0 nitrogen and oxygen atoms in total. The minimum absolute atomic E-state index is 0.303. The summed E-state index contributed by atoms with van der Waals surface area (Å²) >= 11 is 0. The van der Waals surface area contributed by atoms with Crippen LogP contribution in [0.15, 0.2) is 0 Å². The normalized spacial score (nSPS) is 17.5. The summed E-state index contributed by atoms with van der Waals surface area (Å²) in [6.07, 6.45) is -1.83. The molecule has 0 aromatic heterocycles. The molecule has 0 spiro atoms. The van der Waals surface area contributed by atoms with Crippen LogP contribution < -0.4 is 0 Å². The van der Waals surface area contributed by atoms with Crippen molar-refractivity contribution >= 4 is 21.6 Å². The van der Waals surface area contributed by atoms with Crippen molar-refractivity contribution in [1.29, 1.82) is 0 Å². The highest BCUT2D eigenvalue weighted by atomic mass is 33.1. The monoisotopic (exact) mass is 218 g/mol. The minimum Gasteiger partial charge on any atom is -0.170 e. The van der Waals surface area contributed by atoms with Gasteiger partial charge in [0, 0.05) is 0 Å². The average Bonchev–Trinajstić information content (AvgIpc) is 1.96. The number of halogens is 3. The highest BCUT2D eigenvalue weighted by Gasteiger charge is 2.42. The Morgan fingerprint density at radius 2 is 1.83 bits per heavy atom. The molecule has 0 radical (unpaired) electrons. The lowest BCUT2D eigenvalue weighted by atomic mass is 10.0. The fourth-order valence-corrected chi connectivity index (χ4v) is 3.01. The van der Waals surface area contributed by atoms with E-state index in [0.717, 1.165) is 10.8 Å². The molecule has 0 aromatic rings. The van der Waals surface area contributed by atoms with Crippen LogP contribution in [0.25, 0.3) is 0 Å². The van der Waals surface area contributed by atoms with Crippen molar-refractivity contribution in [2.24, 2.45) is 5.92 Å². The summed E-state index contributed by atoms with van der Waals surface area (Å²) in [5, 5.41) is -1.22. The molecule has 0 heterocycles. The van der Waals surface area contributed by atoms with E-state index in [1.165, 1.54) is 10.8 Å². The molecule has 2 atom stereocenters. The van der Waals surface area contributed by atoms with Gasteiger partial charge in [-0.1, -0.05) is 41.9 Å². The van der Waals surface area contributed by atoms with Gasteiger partial charge in [-0.05, 0) is 12.2 Å². The Kier molecular flexibility index (Phi) is 5.48. The van der Waals surface area contributed by atoms with Crippen LogP contribution in [-0.2, 0) is 0 Å². The van der Waals surface area contributed by atoms with Gasteiger partial charge in [-0.2, -0.15) is 13.2 Å². The zero-order valence-electron chi connectivity index (χ0n) is 7.31. The lowest BCUT2D eigenvalue weighted by Crippen LogP contribution is -2.30. The summed E-state index contributed by atoms with van der Waals surface area (Å²) in [5.41, 5.74) is 0. The maximum atomic E-state index is 12.3. The molecule has 0 rings (SSSR count). The molecule has 5 heteroatoms. The van der Waals surface area contributed by atoms with Gasteiger partial charge in [0.1, 0.15) is 5.25 Å². The van der Waals surface area contributed by atoms with Crippen LogP contribution in [0.4, 0.5) is 13.2 Å². The Morgan fingerprint density at radius 3 is 2.08 bits per heavy atom. The van der Waals surface area contributed by atoms with Gasteiger partial charge in [-0.3, -0.25) is 0 Å². The topological polar surface area (TPSA) is 0 Å². The summed E-state index contributed by atoms with van der Waals surface area (Å²) in [5.74, 6) is -0.303.